The Hall–Kier alpha value is -3.33. The molecule has 2 atom stereocenters. The standard InChI is InChI=1S/C19H22N6O3/c1-21-16-6-17-22-12-3-2-4-13(5-12)28-15-9-25(8-11(15)10-26)19(27)14(7-20)18(23-16)24-17/h2-7,11,15,26H,8-10,20H2,1H3,(H2,21,22,23,24)/b14-7+. The number of hydrogen-bond donors (Lipinski definition) is 4. The molecule has 1 saturated heterocycles. The second-order valence-corrected chi connectivity index (χ2v) is 6.75. The number of anilines is 3. The van der Waals surface area contributed by atoms with Gasteiger partial charge in [-0.05, 0) is 12.1 Å². The summed E-state index contributed by atoms with van der Waals surface area (Å²) in [5.74, 6) is 1.46. The highest BCUT2D eigenvalue weighted by atomic mass is 16.5. The number of aliphatic hydroxyl groups is 1. The van der Waals surface area contributed by atoms with Gasteiger partial charge in [0.15, 0.2) is 5.82 Å². The van der Waals surface area contributed by atoms with Gasteiger partial charge in [-0.2, -0.15) is 0 Å². The Morgan fingerprint density at radius 2 is 2.25 bits per heavy atom. The Bertz CT molecular complexity index is 932. The van der Waals surface area contributed by atoms with Gasteiger partial charge in [-0.25, -0.2) is 9.97 Å². The van der Waals surface area contributed by atoms with Crippen LogP contribution in [0.25, 0.3) is 5.57 Å². The number of benzene rings is 1. The molecule has 146 valence electrons. The summed E-state index contributed by atoms with van der Waals surface area (Å²) >= 11 is 0. The normalized spacial score (nSPS) is 22.6. The van der Waals surface area contributed by atoms with Crippen molar-refractivity contribution in [3.63, 3.8) is 0 Å². The van der Waals surface area contributed by atoms with Crippen LogP contribution in [0.1, 0.15) is 5.82 Å². The zero-order valence-electron chi connectivity index (χ0n) is 15.4. The number of carbonyl (C=O) groups is 1. The molecule has 4 rings (SSSR count). The van der Waals surface area contributed by atoms with Crippen molar-refractivity contribution in [2.24, 2.45) is 11.7 Å². The average Bonchev–Trinajstić information content (AvgIpc) is 3.11. The molecular formula is C19H22N6O3. The molecule has 9 nitrogen and oxygen atoms in total. The van der Waals surface area contributed by atoms with Gasteiger partial charge >= 0.3 is 0 Å². The van der Waals surface area contributed by atoms with Gasteiger partial charge in [-0.3, -0.25) is 4.79 Å². The maximum atomic E-state index is 13.1. The number of ether oxygens (including phenoxy) is 1. The molecule has 1 aromatic heterocycles. The molecule has 0 radical (unpaired) electrons. The Balaban J connectivity index is 1.84. The van der Waals surface area contributed by atoms with Gasteiger partial charge in [0.05, 0.1) is 18.7 Å². The summed E-state index contributed by atoms with van der Waals surface area (Å²) in [5.41, 5.74) is 6.76. The van der Waals surface area contributed by atoms with E-state index in [1.165, 1.54) is 6.20 Å². The molecule has 3 heterocycles. The predicted molar refractivity (Wildman–Crippen MR) is 105 cm³/mol. The van der Waals surface area contributed by atoms with Crippen LogP contribution in [0.3, 0.4) is 0 Å². The van der Waals surface area contributed by atoms with E-state index in [-0.39, 0.29) is 35.9 Å². The molecule has 0 spiro atoms. The number of rotatable bonds is 2. The Morgan fingerprint density at radius 1 is 1.39 bits per heavy atom. The maximum Gasteiger partial charge on any atom is 0.259 e. The zero-order chi connectivity index (χ0) is 19.7. The first-order valence-electron chi connectivity index (χ1n) is 9.04. The topological polar surface area (TPSA) is 126 Å². The van der Waals surface area contributed by atoms with Crippen molar-refractivity contribution in [3.8, 4) is 5.75 Å². The summed E-state index contributed by atoms with van der Waals surface area (Å²) < 4.78 is 6.09. The SMILES string of the molecule is CNc1cc2nc(n1)/C(=C\N)C(=O)N1CC(CO)C(C1)Oc1cccc(c1)N2. The number of amides is 1. The molecule has 2 unspecified atom stereocenters. The fourth-order valence-corrected chi connectivity index (χ4v) is 3.46. The fraction of sp³-hybridized carbons (Fsp3) is 0.316. The van der Waals surface area contributed by atoms with E-state index in [9.17, 15) is 9.90 Å². The number of nitrogens with zero attached hydrogens (tertiary/aromatic N) is 3. The molecule has 1 fully saturated rings. The third kappa shape index (κ3) is 3.31. The van der Waals surface area contributed by atoms with Gasteiger partial charge in [0.2, 0.25) is 0 Å². The summed E-state index contributed by atoms with van der Waals surface area (Å²) in [5, 5.41) is 15.9. The molecule has 0 saturated carbocycles. The number of hydrogen-bond acceptors (Lipinski definition) is 8. The minimum Gasteiger partial charge on any atom is -0.488 e. The van der Waals surface area contributed by atoms with Gasteiger partial charge in [-0.1, -0.05) is 6.07 Å². The van der Waals surface area contributed by atoms with Gasteiger partial charge in [0.1, 0.15) is 23.5 Å². The summed E-state index contributed by atoms with van der Waals surface area (Å²) in [6.07, 6.45) is 0.906. The molecule has 6 bridgehead atoms. The van der Waals surface area contributed by atoms with Crippen molar-refractivity contribution in [1.29, 1.82) is 0 Å². The molecule has 1 amide bonds. The number of aliphatic hydroxyl groups excluding tert-OH is 1. The van der Waals surface area contributed by atoms with Gasteiger partial charge in [0, 0.05) is 43.5 Å². The van der Waals surface area contributed by atoms with Crippen LogP contribution in [-0.4, -0.2) is 58.7 Å². The minimum absolute atomic E-state index is 0.0794. The van der Waals surface area contributed by atoms with Crippen molar-refractivity contribution in [1.82, 2.24) is 14.9 Å². The molecule has 1 aromatic carbocycles. The smallest absolute Gasteiger partial charge is 0.259 e. The zero-order valence-corrected chi connectivity index (χ0v) is 15.4. The van der Waals surface area contributed by atoms with Gasteiger partial charge in [-0.15, -0.1) is 0 Å². The molecule has 0 aliphatic carbocycles. The monoisotopic (exact) mass is 382 g/mol. The Morgan fingerprint density at radius 3 is 3.00 bits per heavy atom. The number of nitrogens with two attached hydrogens (primary N) is 1. The van der Waals surface area contributed by atoms with Crippen LogP contribution in [-0.2, 0) is 4.79 Å². The highest BCUT2D eigenvalue weighted by Crippen LogP contribution is 2.29. The van der Waals surface area contributed by atoms with E-state index in [4.69, 9.17) is 10.5 Å². The van der Waals surface area contributed by atoms with E-state index in [2.05, 4.69) is 20.6 Å². The van der Waals surface area contributed by atoms with Crippen LogP contribution in [0.5, 0.6) is 5.75 Å². The molecule has 28 heavy (non-hydrogen) atoms. The van der Waals surface area contributed by atoms with Crippen LogP contribution in [0.4, 0.5) is 17.3 Å². The lowest BCUT2D eigenvalue weighted by Crippen LogP contribution is -2.32. The van der Waals surface area contributed by atoms with E-state index in [1.807, 2.05) is 24.3 Å². The first kappa shape index (κ1) is 18.1. The summed E-state index contributed by atoms with van der Waals surface area (Å²) in [4.78, 5) is 23.6. The van der Waals surface area contributed by atoms with E-state index in [0.717, 1.165) is 5.69 Å². The highest BCUT2D eigenvalue weighted by Gasteiger charge is 2.38. The molecule has 9 heteroatoms. The first-order valence-corrected chi connectivity index (χ1v) is 9.04. The molecular weight excluding hydrogens is 360 g/mol. The highest BCUT2D eigenvalue weighted by molar-refractivity contribution is 6.18. The largest absolute Gasteiger partial charge is 0.488 e. The second kappa shape index (κ2) is 7.35. The Labute approximate surface area is 162 Å². The third-order valence-electron chi connectivity index (χ3n) is 4.92. The van der Waals surface area contributed by atoms with Gasteiger partial charge < -0.3 is 31.1 Å². The lowest BCUT2D eigenvalue weighted by atomic mass is 10.1. The van der Waals surface area contributed by atoms with Crippen molar-refractivity contribution in [2.45, 2.75) is 6.10 Å². The molecule has 5 N–H and O–H groups in total. The first-order chi connectivity index (χ1) is 13.6. The number of nitrogens with one attached hydrogen (secondary N) is 2. The maximum absolute atomic E-state index is 13.1. The van der Waals surface area contributed by atoms with Crippen molar-refractivity contribution < 1.29 is 14.6 Å². The van der Waals surface area contributed by atoms with Crippen LogP contribution in [0.15, 0.2) is 36.5 Å². The van der Waals surface area contributed by atoms with E-state index in [0.29, 0.717) is 30.5 Å². The summed E-state index contributed by atoms with van der Waals surface area (Å²) in [6.45, 7) is 0.634. The van der Waals surface area contributed by atoms with Crippen LogP contribution in [0, 0.1) is 5.92 Å². The second-order valence-electron chi connectivity index (χ2n) is 6.75. The van der Waals surface area contributed by atoms with Crippen molar-refractivity contribution >= 4 is 28.8 Å². The van der Waals surface area contributed by atoms with E-state index < -0.39 is 0 Å². The third-order valence-corrected chi connectivity index (χ3v) is 4.92. The quantitative estimate of drug-likeness (QED) is 0.561. The molecule has 2 aliphatic heterocycles. The van der Waals surface area contributed by atoms with Crippen LogP contribution in [0.2, 0.25) is 0 Å². The van der Waals surface area contributed by atoms with E-state index in [1.54, 1.807) is 18.0 Å². The van der Waals surface area contributed by atoms with Gasteiger partial charge in [0.25, 0.3) is 5.91 Å². The average molecular weight is 382 g/mol. The number of carbonyl (C=O) groups excluding carboxylic acids is 1. The van der Waals surface area contributed by atoms with Crippen molar-refractivity contribution in [2.75, 3.05) is 37.4 Å². The Kier molecular flexibility index (Phi) is 4.74. The predicted octanol–water partition coefficient (Wildman–Crippen LogP) is 0.773. The molecule has 2 aliphatic rings. The minimum atomic E-state index is -0.319. The van der Waals surface area contributed by atoms with Crippen LogP contribution < -0.4 is 21.1 Å². The summed E-state index contributed by atoms with van der Waals surface area (Å²) in [6, 6.07) is 9.21. The lowest BCUT2D eigenvalue weighted by molar-refractivity contribution is -0.124. The lowest BCUT2D eigenvalue weighted by Gasteiger charge is -2.19. The summed E-state index contributed by atoms with van der Waals surface area (Å²) in [7, 11) is 1.74. The number of aromatic nitrogens is 2. The number of fused-ring (bicyclic) bond motifs is 6. The van der Waals surface area contributed by atoms with E-state index >= 15 is 0 Å². The molecule has 2 aromatic rings. The van der Waals surface area contributed by atoms with Crippen molar-refractivity contribution in [3.05, 3.63) is 42.4 Å². The van der Waals surface area contributed by atoms with Crippen LogP contribution >= 0.6 is 0 Å². The fourth-order valence-electron chi connectivity index (χ4n) is 3.46.